The molecule has 168 valence electrons. The van der Waals surface area contributed by atoms with Gasteiger partial charge in [0.1, 0.15) is 30.3 Å². The molecule has 4 rings (SSSR count). The van der Waals surface area contributed by atoms with Gasteiger partial charge in [0.25, 0.3) is 5.91 Å². The average molecular weight is 448 g/mol. The number of halogens is 1. The van der Waals surface area contributed by atoms with E-state index in [0.29, 0.717) is 11.4 Å². The van der Waals surface area contributed by atoms with Crippen LogP contribution in [0.2, 0.25) is 0 Å². The quantitative estimate of drug-likeness (QED) is 0.578. The fourth-order valence-electron chi connectivity index (χ4n) is 3.43. The Kier molecular flexibility index (Phi) is 6.35. The zero-order valence-corrected chi connectivity index (χ0v) is 17.8. The van der Waals surface area contributed by atoms with E-state index in [1.165, 1.54) is 30.0 Å². The number of carbonyl (C=O) groups is 3. The molecule has 7 nitrogen and oxygen atoms in total. The highest BCUT2D eigenvalue weighted by atomic mass is 19.1. The largest absolute Gasteiger partial charge is 0.488 e. The molecule has 0 radical (unpaired) electrons. The Morgan fingerprint density at radius 2 is 1.73 bits per heavy atom. The van der Waals surface area contributed by atoms with E-state index >= 15 is 0 Å². The fourth-order valence-corrected chi connectivity index (χ4v) is 3.43. The van der Waals surface area contributed by atoms with Crippen LogP contribution < -0.4 is 15.0 Å². The number of nitrogens with one attached hydrogen (secondary N) is 1. The summed E-state index contributed by atoms with van der Waals surface area (Å²) in [6.45, 7) is 1.41. The van der Waals surface area contributed by atoms with Gasteiger partial charge in [0.05, 0.1) is 11.4 Å². The standard InChI is InChI=1S/C25H21FN2O5/c1-16(24(30)28-14-23(29)27-20-7-3-4-8-21(20)28)33-25(31)19-6-2-5-9-22(19)32-15-17-10-12-18(26)13-11-17/h2-13,16H,14-15H2,1H3,(H,27,29)/t16-/m1/s1. The molecule has 3 aromatic carbocycles. The molecule has 8 heteroatoms. The van der Waals surface area contributed by atoms with Crippen LogP contribution in [0.3, 0.4) is 0 Å². The summed E-state index contributed by atoms with van der Waals surface area (Å²) < 4.78 is 24.2. The summed E-state index contributed by atoms with van der Waals surface area (Å²) in [5.41, 5.74) is 1.93. The molecule has 33 heavy (non-hydrogen) atoms. The van der Waals surface area contributed by atoms with Gasteiger partial charge in [-0.15, -0.1) is 0 Å². The van der Waals surface area contributed by atoms with Crippen LogP contribution in [-0.2, 0) is 20.9 Å². The summed E-state index contributed by atoms with van der Waals surface area (Å²) in [5, 5.41) is 2.71. The number of hydrogen-bond acceptors (Lipinski definition) is 5. The zero-order chi connectivity index (χ0) is 23.4. The first kappa shape index (κ1) is 22.0. The second-order valence-corrected chi connectivity index (χ2v) is 7.45. The molecule has 1 atom stereocenters. The normalized spacial score (nSPS) is 13.5. The molecule has 0 saturated heterocycles. The summed E-state index contributed by atoms with van der Waals surface area (Å²) in [4.78, 5) is 39.1. The van der Waals surface area contributed by atoms with Gasteiger partial charge in [-0.2, -0.15) is 0 Å². The number of rotatable bonds is 6. The molecule has 1 N–H and O–H groups in total. The summed E-state index contributed by atoms with van der Waals surface area (Å²) in [6.07, 6.45) is -1.14. The van der Waals surface area contributed by atoms with Crippen molar-refractivity contribution >= 4 is 29.2 Å². The predicted molar refractivity (Wildman–Crippen MR) is 119 cm³/mol. The molecule has 0 bridgehead atoms. The van der Waals surface area contributed by atoms with Crippen molar-refractivity contribution in [1.29, 1.82) is 0 Å². The van der Waals surface area contributed by atoms with E-state index in [-0.39, 0.29) is 36.2 Å². The lowest BCUT2D eigenvalue weighted by atomic mass is 10.1. The van der Waals surface area contributed by atoms with Gasteiger partial charge in [-0.1, -0.05) is 36.4 Å². The van der Waals surface area contributed by atoms with Crippen LogP contribution in [0.15, 0.2) is 72.8 Å². The van der Waals surface area contributed by atoms with Gasteiger partial charge in [-0.05, 0) is 48.9 Å². The number of benzene rings is 3. The van der Waals surface area contributed by atoms with Crippen molar-refractivity contribution in [2.45, 2.75) is 19.6 Å². The summed E-state index contributed by atoms with van der Waals surface area (Å²) in [5.74, 6) is -1.67. The van der Waals surface area contributed by atoms with E-state index in [4.69, 9.17) is 9.47 Å². The van der Waals surface area contributed by atoms with Gasteiger partial charge in [-0.25, -0.2) is 9.18 Å². The minimum absolute atomic E-state index is 0.124. The summed E-state index contributed by atoms with van der Waals surface area (Å²) in [7, 11) is 0. The first-order valence-electron chi connectivity index (χ1n) is 10.3. The van der Waals surface area contributed by atoms with E-state index in [1.807, 2.05) is 0 Å². The third-order valence-electron chi connectivity index (χ3n) is 5.08. The maximum Gasteiger partial charge on any atom is 0.342 e. The number of esters is 1. The smallest absolute Gasteiger partial charge is 0.342 e. The van der Waals surface area contributed by atoms with Gasteiger partial charge < -0.3 is 14.8 Å². The molecule has 0 spiro atoms. The first-order chi connectivity index (χ1) is 15.9. The van der Waals surface area contributed by atoms with Crippen LogP contribution in [0.25, 0.3) is 0 Å². The molecule has 1 aliphatic rings. The molecule has 0 unspecified atom stereocenters. The Hall–Kier alpha value is -4.20. The van der Waals surface area contributed by atoms with Crippen LogP contribution in [0.1, 0.15) is 22.8 Å². The maximum atomic E-state index is 13.1. The molecular weight excluding hydrogens is 427 g/mol. The van der Waals surface area contributed by atoms with E-state index < -0.39 is 18.0 Å². The van der Waals surface area contributed by atoms with Crippen molar-refractivity contribution in [2.24, 2.45) is 0 Å². The highest BCUT2D eigenvalue weighted by Crippen LogP contribution is 2.30. The second kappa shape index (κ2) is 9.52. The van der Waals surface area contributed by atoms with Gasteiger partial charge in [0, 0.05) is 0 Å². The molecule has 3 aromatic rings. The Morgan fingerprint density at radius 3 is 2.52 bits per heavy atom. The molecule has 1 heterocycles. The van der Waals surface area contributed by atoms with E-state index in [0.717, 1.165) is 5.56 Å². The predicted octanol–water partition coefficient (Wildman–Crippen LogP) is 3.94. The number of nitrogens with zero attached hydrogens (tertiary/aromatic N) is 1. The molecule has 0 fully saturated rings. The van der Waals surface area contributed by atoms with E-state index in [1.54, 1.807) is 54.6 Å². The van der Waals surface area contributed by atoms with Crippen molar-refractivity contribution in [2.75, 3.05) is 16.8 Å². The van der Waals surface area contributed by atoms with Crippen molar-refractivity contribution in [3.05, 3.63) is 89.7 Å². The number of carbonyl (C=O) groups excluding carboxylic acids is 3. The molecular formula is C25H21FN2O5. The summed E-state index contributed by atoms with van der Waals surface area (Å²) in [6, 6.07) is 19.2. The van der Waals surface area contributed by atoms with Gasteiger partial charge in [0.2, 0.25) is 5.91 Å². The minimum atomic E-state index is -1.14. The Balaban J connectivity index is 1.45. The summed E-state index contributed by atoms with van der Waals surface area (Å²) >= 11 is 0. The van der Waals surface area contributed by atoms with E-state index in [9.17, 15) is 18.8 Å². The lowest BCUT2D eigenvalue weighted by Crippen LogP contribution is -2.47. The third kappa shape index (κ3) is 5.01. The molecule has 0 aliphatic carbocycles. The van der Waals surface area contributed by atoms with Crippen LogP contribution in [0, 0.1) is 5.82 Å². The highest BCUT2D eigenvalue weighted by Gasteiger charge is 2.32. The van der Waals surface area contributed by atoms with Crippen molar-refractivity contribution in [1.82, 2.24) is 0 Å². The Labute approximate surface area is 189 Å². The topological polar surface area (TPSA) is 84.9 Å². The average Bonchev–Trinajstić information content (AvgIpc) is 2.82. The number of amides is 2. The van der Waals surface area contributed by atoms with Gasteiger partial charge in [0.15, 0.2) is 6.10 Å². The SMILES string of the molecule is C[C@@H](OC(=O)c1ccccc1OCc1ccc(F)cc1)C(=O)N1CC(=O)Nc2ccccc21. The van der Waals surface area contributed by atoms with Crippen molar-refractivity contribution in [3.8, 4) is 5.75 Å². The Bertz CT molecular complexity index is 1200. The second-order valence-electron chi connectivity index (χ2n) is 7.45. The number of fused-ring (bicyclic) bond motifs is 1. The van der Waals surface area contributed by atoms with Crippen LogP contribution in [0.5, 0.6) is 5.75 Å². The highest BCUT2D eigenvalue weighted by molar-refractivity contribution is 6.11. The minimum Gasteiger partial charge on any atom is -0.488 e. The number of hydrogen-bond donors (Lipinski definition) is 1. The number of para-hydroxylation sites is 3. The number of ether oxygens (including phenoxy) is 2. The molecule has 0 saturated carbocycles. The first-order valence-corrected chi connectivity index (χ1v) is 10.3. The van der Waals surface area contributed by atoms with Crippen LogP contribution in [-0.4, -0.2) is 30.4 Å². The lowest BCUT2D eigenvalue weighted by molar-refractivity contribution is -0.128. The zero-order valence-electron chi connectivity index (χ0n) is 17.8. The van der Waals surface area contributed by atoms with Crippen LogP contribution >= 0.6 is 0 Å². The van der Waals surface area contributed by atoms with Gasteiger partial charge in [-0.3, -0.25) is 14.5 Å². The molecule has 2 amide bonds. The Morgan fingerprint density at radius 1 is 1.03 bits per heavy atom. The van der Waals surface area contributed by atoms with Crippen molar-refractivity contribution in [3.63, 3.8) is 0 Å². The maximum absolute atomic E-state index is 13.1. The van der Waals surface area contributed by atoms with Gasteiger partial charge >= 0.3 is 5.97 Å². The monoisotopic (exact) mass is 448 g/mol. The lowest BCUT2D eigenvalue weighted by Gasteiger charge is -2.30. The van der Waals surface area contributed by atoms with Crippen LogP contribution in [0.4, 0.5) is 15.8 Å². The van der Waals surface area contributed by atoms with E-state index in [2.05, 4.69) is 5.32 Å². The third-order valence-corrected chi connectivity index (χ3v) is 5.08. The fraction of sp³-hybridized carbons (Fsp3) is 0.160. The van der Waals surface area contributed by atoms with Crippen molar-refractivity contribution < 1.29 is 28.2 Å². The number of anilines is 2. The molecule has 1 aliphatic heterocycles. The molecule has 0 aromatic heterocycles.